The van der Waals surface area contributed by atoms with E-state index >= 15 is 8.78 Å². The van der Waals surface area contributed by atoms with E-state index in [0.717, 1.165) is 78.7 Å². The first-order chi connectivity index (χ1) is 26.8. The van der Waals surface area contributed by atoms with Gasteiger partial charge in [0.2, 0.25) is 0 Å². The first-order valence-electron chi connectivity index (χ1n) is 18.0. The maximum Gasteiger partial charge on any atom is 0.344 e. The molecule has 1 aliphatic rings. The third-order valence-corrected chi connectivity index (χ3v) is 10.2. The van der Waals surface area contributed by atoms with Crippen LogP contribution < -0.4 is 14.7 Å². The van der Waals surface area contributed by atoms with E-state index in [-0.39, 0.29) is 6.03 Å². The molecule has 0 spiro atoms. The number of carbonyl (C=O) groups is 1. The Hall–Kier alpha value is -5.87. The largest absolute Gasteiger partial charge is 0.391 e. The second-order valence-corrected chi connectivity index (χ2v) is 13.7. The van der Waals surface area contributed by atoms with E-state index in [2.05, 4.69) is 36.7 Å². The third kappa shape index (κ3) is 7.93. The molecular weight excluding hydrogens is 730 g/mol. The number of aromatic nitrogens is 4. The summed E-state index contributed by atoms with van der Waals surface area (Å²) < 4.78 is 61.9. The lowest BCUT2D eigenvalue weighted by Gasteiger charge is -2.37. The van der Waals surface area contributed by atoms with Crippen molar-refractivity contribution in [3.8, 4) is 11.1 Å². The minimum atomic E-state index is -4.14. The number of hydrazone groups is 1. The van der Waals surface area contributed by atoms with E-state index in [9.17, 15) is 23.8 Å². The molecule has 1 aliphatic heterocycles. The van der Waals surface area contributed by atoms with Crippen LogP contribution in [0.25, 0.3) is 11.1 Å². The lowest BCUT2D eigenvalue weighted by Crippen LogP contribution is -2.48. The van der Waals surface area contributed by atoms with Crippen LogP contribution in [-0.2, 0) is 18.1 Å². The maximum absolute atomic E-state index is 16.2. The number of carbonyl (C=O) groups excluding carboxylic acids is 1. The Bertz CT molecular complexity index is 2100. The smallest absolute Gasteiger partial charge is 0.344 e. The van der Waals surface area contributed by atoms with Gasteiger partial charge in [0, 0.05) is 80.4 Å². The van der Waals surface area contributed by atoms with Gasteiger partial charge in [-0.15, -0.1) is 0 Å². The number of benzene rings is 3. The highest BCUT2D eigenvalue weighted by Gasteiger charge is 2.58. The number of amides is 2. The Labute approximate surface area is 321 Å². The minimum Gasteiger partial charge on any atom is -0.391 e. The molecule has 0 saturated carbocycles. The topological polar surface area (TPSA) is 126 Å². The molecule has 2 amide bonds. The van der Waals surface area contributed by atoms with Gasteiger partial charge in [0.25, 0.3) is 0 Å². The fourth-order valence-electron chi connectivity index (χ4n) is 6.95. The molecule has 3 heterocycles. The number of hydrogen-bond donors (Lipinski definition) is 2. The molecule has 12 nitrogen and oxygen atoms in total. The molecule has 1 fully saturated rings. The van der Waals surface area contributed by atoms with Gasteiger partial charge in [-0.1, -0.05) is 25.1 Å². The molecule has 0 aliphatic carbocycles. The van der Waals surface area contributed by atoms with E-state index in [1.807, 2.05) is 55.5 Å². The highest BCUT2D eigenvalue weighted by atomic mass is 19.3. The SMILES string of the molecule is C=NN(C(=O)N(C)c1ccc(N2CCN(c3ccc(-c4ccc(C(F)(F)C(O)(Cn5cncn5)c5ccc(F)cc5F)nc4)cc3)CC2)cc1)[C@@H](CC)[C@H](C)O. The van der Waals surface area contributed by atoms with Crippen molar-refractivity contribution >= 4 is 29.8 Å². The average molecular weight is 774 g/mol. The standard InChI is InChI=1S/C40H43F4N9O3/c1-5-36(27(2)54)53(45-3)38(55)49(4)31-12-14-33(15-13-31)51-20-18-50(19-21-51)32-10-6-28(7-11-32)29-8-17-37(47-23-29)40(43,44)39(56,24-52-26-46-25-48-52)34-16-9-30(41)22-35(34)42/h6-17,22-23,25-27,36,54,56H,3,5,18-21,24H2,1-2,4H3/t27-,36-,39?/m0/s1. The molecule has 0 bridgehead atoms. The molecule has 1 saturated heterocycles. The fourth-order valence-corrected chi connectivity index (χ4v) is 6.95. The number of aliphatic hydroxyl groups is 2. The molecular formula is C40H43F4N9O3. The summed E-state index contributed by atoms with van der Waals surface area (Å²) in [4.78, 5) is 26.8. The lowest BCUT2D eigenvalue weighted by atomic mass is 9.84. The van der Waals surface area contributed by atoms with E-state index in [4.69, 9.17) is 0 Å². The van der Waals surface area contributed by atoms with Crippen molar-refractivity contribution in [1.82, 2.24) is 24.8 Å². The number of halogens is 4. The molecule has 3 aromatic carbocycles. The number of anilines is 3. The van der Waals surface area contributed by atoms with Gasteiger partial charge in [-0.3, -0.25) is 9.88 Å². The van der Waals surface area contributed by atoms with Crippen LogP contribution in [0.2, 0.25) is 0 Å². The van der Waals surface area contributed by atoms with Gasteiger partial charge >= 0.3 is 12.0 Å². The van der Waals surface area contributed by atoms with E-state index in [0.29, 0.717) is 23.7 Å². The average Bonchev–Trinajstić information content (AvgIpc) is 3.72. The van der Waals surface area contributed by atoms with Crippen LogP contribution in [0.3, 0.4) is 0 Å². The van der Waals surface area contributed by atoms with Crippen molar-refractivity contribution in [2.45, 2.75) is 50.5 Å². The summed E-state index contributed by atoms with van der Waals surface area (Å²) in [6.45, 7) is 9.12. The second kappa shape index (κ2) is 16.5. The van der Waals surface area contributed by atoms with Gasteiger partial charge in [-0.2, -0.15) is 19.0 Å². The van der Waals surface area contributed by atoms with Gasteiger partial charge in [0.05, 0.1) is 18.7 Å². The van der Waals surface area contributed by atoms with Crippen LogP contribution >= 0.6 is 0 Å². The summed E-state index contributed by atoms with van der Waals surface area (Å²) in [5.74, 6) is -6.46. The number of pyridine rings is 1. The monoisotopic (exact) mass is 773 g/mol. The second-order valence-electron chi connectivity index (χ2n) is 13.7. The van der Waals surface area contributed by atoms with Crippen LogP contribution in [0.15, 0.2) is 103 Å². The molecule has 16 heteroatoms. The number of aliphatic hydroxyl groups excluding tert-OH is 1. The Morgan fingerprint density at radius 3 is 2.05 bits per heavy atom. The summed E-state index contributed by atoms with van der Waals surface area (Å²) in [5, 5.41) is 30.5. The molecule has 56 heavy (non-hydrogen) atoms. The molecule has 6 rings (SSSR count). The summed E-state index contributed by atoms with van der Waals surface area (Å²) in [6, 6.07) is 19.0. The zero-order valence-corrected chi connectivity index (χ0v) is 31.2. The first-order valence-corrected chi connectivity index (χ1v) is 18.0. The highest BCUT2D eigenvalue weighted by molar-refractivity contribution is 5.92. The highest BCUT2D eigenvalue weighted by Crippen LogP contribution is 2.47. The number of rotatable bonds is 13. The van der Waals surface area contributed by atoms with Crippen molar-refractivity contribution in [2.24, 2.45) is 5.10 Å². The number of piperazine rings is 1. The molecule has 5 aromatic rings. The zero-order valence-electron chi connectivity index (χ0n) is 31.2. The lowest BCUT2D eigenvalue weighted by molar-refractivity contribution is -0.207. The van der Waals surface area contributed by atoms with Gasteiger partial charge in [0.15, 0.2) is 5.60 Å². The van der Waals surface area contributed by atoms with Crippen molar-refractivity contribution in [3.63, 3.8) is 0 Å². The van der Waals surface area contributed by atoms with E-state index < -0.39 is 53.1 Å². The van der Waals surface area contributed by atoms with Crippen molar-refractivity contribution in [2.75, 3.05) is 47.9 Å². The molecule has 294 valence electrons. The van der Waals surface area contributed by atoms with Crippen LogP contribution in [0.4, 0.5) is 39.4 Å². The van der Waals surface area contributed by atoms with Gasteiger partial charge in [-0.05, 0) is 73.5 Å². The van der Waals surface area contributed by atoms with Gasteiger partial charge < -0.3 is 20.0 Å². The first kappa shape index (κ1) is 39.8. The molecule has 3 atom stereocenters. The van der Waals surface area contributed by atoms with Crippen LogP contribution in [0, 0.1) is 11.6 Å². The Morgan fingerprint density at radius 2 is 1.55 bits per heavy atom. The summed E-state index contributed by atoms with van der Waals surface area (Å²) >= 11 is 0. The predicted octanol–water partition coefficient (Wildman–Crippen LogP) is 6.26. The number of hydrogen-bond acceptors (Lipinski definition) is 9. The van der Waals surface area contributed by atoms with Crippen LogP contribution in [0.5, 0.6) is 0 Å². The van der Waals surface area contributed by atoms with Gasteiger partial charge in [0.1, 0.15) is 30.0 Å². The normalized spacial score (nSPS) is 15.5. The zero-order chi connectivity index (χ0) is 40.2. The predicted molar refractivity (Wildman–Crippen MR) is 206 cm³/mol. The van der Waals surface area contributed by atoms with Crippen molar-refractivity contribution < 1.29 is 32.6 Å². The number of nitrogens with zero attached hydrogens (tertiary/aromatic N) is 9. The number of urea groups is 1. The minimum absolute atomic E-state index is 0.389. The molecule has 2 N–H and O–H groups in total. The Morgan fingerprint density at radius 1 is 0.946 bits per heavy atom. The Balaban J connectivity index is 1.09. The Kier molecular flexibility index (Phi) is 11.7. The van der Waals surface area contributed by atoms with Crippen molar-refractivity contribution in [3.05, 3.63) is 121 Å². The molecule has 1 unspecified atom stereocenters. The summed E-state index contributed by atoms with van der Waals surface area (Å²) in [6.07, 6.45) is 3.21. The fraction of sp³-hybridized carbons (Fsp3) is 0.325. The van der Waals surface area contributed by atoms with Crippen LogP contribution in [0.1, 0.15) is 31.5 Å². The van der Waals surface area contributed by atoms with E-state index in [1.165, 1.54) is 22.2 Å². The summed E-state index contributed by atoms with van der Waals surface area (Å²) in [5.41, 5.74) is -0.868. The number of alkyl halides is 2. The third-order valence-electron chi connectivity index (χ3n) is 10.2. The van der Waals surface area contributed by atoms with E-state index in [1.54, 1.807) is 14.0 Å². The van der Waals surface area contributed by atoms with Gasteiger partial charge in [-0.25, -0.2) is 28.3 Å². The molecule has 2 aromatic heterocycles. The van der Waals surface area contributed by atoms with Crippen molar-refractivity contribution in [1.29, 1.82) is 0 Å². The van der Waals surface area contributed by atoms with Crippen LogP contribution in [-0.4, -0.2) is 93.1 Å². The molecule has 0 radical (unpaired) electrons. The summed E-state index contributed by atoms with van der Waals surface area (Å²) in [7, 11) is 1.66. The maximum atomic E-state index is 16.2. The quantitative estimate of drug-likeness (QED) is 0.0817.